The first-order chi connectivity index (χ1) is 21.4. The second kappa shape index (κ2) is 12.2. The number of aliphatic hydroxyl groups is 1. The van der Waals surface area contributed by atoms with Gasteiger partial charge in [0.1, 0.15) is 18.0 Å². The molecule has 2 aromatic heterocycles. The van der Waals surface area contributed by atoms with E-state index in [1.807, 2.05) is 54.6 Å². The van der Waals surface area contributed by atoms with E-state index < -0.39 is 48.6 Å². The van der Waals surface area contributed by atoms with Crippen LogP contribution in [0.1, 0.15) is 36.8 Å². The van der Waals surface area contributed by atoms with Gasteiger partial charge in [-0.2, -0.15) is 0 Å². The summed E-state index contributed by atoms with van der Waals surface area (Å²) in [5.74, 6) is -0.750. The molecule has 0 spiro atoms. The second-order valence-corrected chi connectivity index (χ2v) is 10.4. The van der Waals surface area contributed by atoms with Crippen LogP contribution in [0.15, 0.2) is 104 Å². The minimum Gasteiger partial charge on any atom is -0.456 e. The number of imidazole rings is 1. The Bertz CT molecular complexity index is 1650. The highest BCUT2D eigenvalue weighted by Crippen LogP contribution is 2.41. The number of fused-ring (bicyclic) bond motifs is 1. The van der Waals surface area contributed by atoms with Gasteiger partial charge in [0.25, 0.3) is 0 Å². The van der Waals surface area contributed by atoms with E-state index in [0.717, 1.165) is 16.7 Å². The molecular formula is C33H31N5O6. The third-order valence-electron chi connectivity index (χ3n) is 7.63. The van der Waals surface area contributed by atoms with Crippen LogP contribution in [0.5, 0.6) is 0 Å². The van der Waals surface area contributed by atoms with E-state index in [0.29, 0.717) is 17.0 Å². The van der Waals surface area contributed by atoms with Crippen molar-refractivity contribution in [3.8, 4) is 0 Å². The molecule has 0 aliphatic carbocycles. The Kier molecular flexibility index (Phi) is 8.05. The second-order valence-electron chi connectivity index (χ2n) is 10.4. The molecule has 5 aromatic rings. The summed E-state index contributed by atoms with van der Waals surface area (Å²) in [6.45, 7) is 2.03. The Labute approximate surface area is 253 Å². The van der Waals surface area contributed by atoms with Gasteiger partial charge in [-0.05, 0) is 16.7 Å². The van der Waals surface area contributed by atoms with Crippen LogP contribution in [-0.4, -0.2) is 61.5 Å². The highest BCUT2D eigenvalue weighted by Gasteiger charge is 2.50. The van der Waals surface area contributed by atoms with Gasteiger partial charge < -0.3 is 24.6 Å². The molecule has 1 fully saturated rings. The fraction of sp³-hybridized carbons (Fsp3) is 0.242. The van der Waals surface area contributed by atoms with Gasteiger partial charge in [0.05, 0.1) is 12.9 Å². The Hall–Kier alpha value is -5.13. The largest absolute Gasteiger partial charge is 0.456 e. The molecule has 2 N–H and O–H groups in total. The van der Waals surface area contributed by atoms with Crippen molar-refractivity contribution in [2.75, 3.05) is 11.9 Å². The molecule has 3 aromatic carbocycles. The van der Waals surface area contributed by atoms with Gasteiger partial charge in [0.2, 0.25) is 0 Å². The number of ether oxygens (including phenoxy) is 3. The van der Waals surface area contributed by atoms with Crippen molar-refractivity contribution in [2.45, 2.75) is 43.9 Å². The van der Waals surface area contributed by atoms with Gasteiger partial charge >= 0.3 is 11.9 Å². The van der Waals surface area contributed by atoms with Crippen molar-refractivity contribution < 1.29 is 28.9 Å². The lowest BCUT2D eigenvalue weighted by atomic mass is 9.77. The van der Waals surface area contributed by atoms with Crippen LogP contribution in [0.3, 0.4) is 0 Å². The summed E-state index contributed by atoms with van der Waals surface area (Å²) in [5.41, 5.74) is 2.88. The number of carbonyl (C=O) groups is 2. The molecule has 1 aliphatic heterocycles. The van der Waals surface area contributed by atoms with Crippen LogP contribution in [0, 0.1) is 0 Å². The molecule has 0 saturated carbocycles. The Morgan fingerprint density at radius 3 is 1.84 bits per heavy atom. The van der Waals surface area contributed by atoms with E-state index in [1.54, 1.807) is 4.57 Å². The summed E-state index contributed by atoms with van der Waals surface area (Å²) in [6.07, 6.45) is -1.11. The normalized spacial score (nSPS) is 19.9. The standard InChI is InChI=1S/C33H31N5O6/c1-21(40)42-28-26(18-39)44-32(29(28)43-22(2)41)38-20-36-27-30(34-19-35-31(27)38)37-33(23-12-6-3-7-13-23,24-14-8-4-9-15-24)25-16-10-5-11-17-25/h3-17,19-20,26,28-29,32,39H,18H2,1-2H3,(H,34,35,37)/t26-,28?,29+,32-/m1/s1. The number of hydrogen-bond acceptors (Lipinski definition) is 10. The number of anilines is 1. The molecule has 3 heterocycles. The molecule has 1 aliphatic rings. The first-order valence-electron chi connectivity index (χ1n) is 14.2. The SMILES string of the molecule is CC(=O)OC1[C@@H](CO)O[C@@H](n2cnc3c(NC(c4ccccc4)(c4ccccc4)c4ccccc4)ncnc32)[C@H]1OC(C)=O. The molecule has 0 radical (unpaired) electrons. The number of nitrogens with zero attached hydrogens (tertiary/aromatic N) is 4. The summed E-state index contributed by atoms with van der Waals surface area (Å²) in [6, 6.07) is 30.2. The molecule has 224 valence electrons. The van der Waals surface area contributed by atoms with E-state index in [4.69, 9.17) is 14.2 Å². The van der Waals surface area contributed by atoms with Crippen molar-refractivity contribution in [1.82, 2.24) is 19.5 Å². The zero-order valence-corrected chi connectivity index (χ0v) is 24.1. The molecule has 11 heteroatoms. The number of aliphatic hydroxyl groups excluding tert-OH is 1. The zero-order chi connectivity index (χ0) is 30.7. The average Bonchev–Trinajstić information content (AvgIpc) is 3.62. The van der Waals surface area contributed by atoms with Crippen LogP contribution in [0.25, 0.3) is 11.2 Å². The smallest absolute Gasteiger partial charge is 0.303 e. The van der Waals surface area contributed by atoms with Crippen LogP contribution in [-0.2, 0) is 29.3 Å². The highest BCUT2D eigenvalue weighted by atomic mass is 16.6. The van der Waals surface area contributed by atoms with Crippen molar-refractivity contribution >= 4 is 28.9 Å². The quantitative estimate of drug-likeness (QED) is 0.191. The lowest BCUT2D eigenvalue weighted by Crippen LogP contribution is -2.40. The van der Waals surface area contributed by atoms with E-state index in [1.165, 1.54) is 26.5 Å². The van der Waals surface area contributed by atoms with Crippen LogP contribution in [0.4, 0.5) is 5.82 Å². The number of carbonyl (C=O) groups excluding carboxylic acids is 2. The predicted octanol–water partition coefficient (Wildman–Crippen LogP) is 3.98. The third kappa shape index (κ3) is 5.27. The van der Waals surface area contributed by atoms with Crippen molar-refractivity contribution in [3.05, 3.63) is 120 Å². The molecule has 4 atom stereocenters. The van der Waals surface area contributed by atoms with Crippen LogP contribution in [0.2, 0.25) is 0 Å². The first-order valence-corrected chi connectivity index (χ1v) is 14.2. The number of hydrogen-bond donors (Lipinski definition) is 2. The molecular weight excluding hydrogens is 562 g/mol. The number of aromatic nitrogens is 4. The summed E-state index contributed by atoms with van der Waals surface area (Å²) in [7, 11) is 0. The van der Waals surface area contributed by atoms with Crippen molar-refractivity contribution in [1.29, 1.82) is 0 Å². The van der Waals surface area contributed by atoms with Gasteiger partial charge in [-0.1, -0.05) is 91.0 Å². The average molecular weight is 594 g/mol. The van der Waals surface area contributed by atoms with E-state index in [-0.39, 0.29) is 0 Å². The maximum absolute atomic E-state index is 12.1. The maximum Gasteiger partial charge on any atom is 0.303 e. The topological polar surface area (TPSA) is 138 Å². The third-order valence-corrected chi connectivity index (χ3v) is 7.63. The van der Waals surface area contributed by atoms with Crippen LogP contribution < -0.4 is 5.32 Å². The van der Waals surface area contributed by atoms with E-state index in [9.17, 15) is 14.7 Å². The molecule has 0 amide bonds. The number of benzene rings is 3. The number of esters is 2. The molecule has 44 heavy (non-hydrogen) atoms. The van der Waals surface area contributed by atoms with E-state index in [2.05, 4.69) is 56.7 Å². The Morgan fingerprint density at radius 1 is 0.818 bits per heavy atom. The fourth-order valence-corrected chi connectivity index (χ4v) is 5.82. The summed E-state index contributed by atoms with van der Waals surface area (Å²) < 4.78 is 18.7. The first kappa shape index (κ1) is 29.0. The zero-order valence-electron chi connectivity index (χ0n) is 24.1. The van der Waals surface area contributed by atoms with Gasteiger partial charge in [0.15, 0.2) is 35.4 Å². The minimum atomic E-state index is -1.06. The molecule has 6 rings (SSSR count). The molecule has 1 saturated heterocycles. The van der Waals surface area contributed by atoms with Crippen LogP contribution >= 0.6 is 0 Å². The monoisotopic (exact) mass is 593 g/mol. The predicted molar refractivity (Wildman–Crippen MR) is 160 cm³/mol. The van der Waals surface area contributed by atoms with E-state index >= 15 is 0 Å². The van der Waals surface area contributed by atoms with Crippen molar-refractivity contribution in [3.63, 3.8) is 0 Å². The molecule has 11 nitrogen and oxygen atoms in total. The van der Waals surface area contributed by atoms with Gasteiger partial charge in [-0.25, -0.2) is 15.0 Å². The highest BCUT2D eigenvalue weighted by molar-refractivity contribution is 5.84. The van der Waals surface area contributed by atoms with Crippen molar-refractivity contribution in [2.24, 2.45) is 0 Å². The molecule has 0 bridgehead atoms. The lowest BCUT2D eigenvalue weighted by molar-refractivity contribution is -0.165. The summed E-state index contributed by atoms with van der Waals surface area (Å²) >= 11 is 0. The lowest BCUT2D eigenvalue weighted by Gasteiger charge is -2.37. The fourth-order valence-electron chi connectivity index (χ4n) is 5.82. The summed E-state index contributed by atoms with van der Waals surface area (Å²) in [4.78, 5) is 37.8. The number of nitrogens with one attached hydrogen (secondary N) is 1. The van der Waals surface area contributed by atoms with Gasteiger partial charge in [-0.3, -0.25) is 14.2 Å². The number of rotatable bonds is 9. The molecule has 1 unspecified atom stereocenters. The maximum atomic E-state index is 12.1. The Morgan fingerprint density at radius 2 is 1.34 bits per heavy atom. The Balaban J connectivity index is 1.49. The van der Waals surface area contributed by atoms with Gasteiger partial charge in [-0.15, -0.1) is 0 Å². The summed E-state index contributed by atoms with van der Waals surface area (Å²) in [5, 5.41) is 13.7. The minimum absolute atomic E-state index is 0.382. The van der Waals surface area contributed by atoms with Gasteiger partial charge in [0, 0.05) is 13.8 Å².